The predicted octanol–water partition coefficient (Wildman–Crippen LogP) is 1.45. The first-order valence-corrected chi connectivity index (χ1v) is 6.31. The Morgan fingerprint density at radius 2 is 2.00 bits per heavy atom. The van der Waals surface area contributed by atoms with Gasteiger partial charge < -0.3 is 10.0 Å². The first-order chi connectivity index (χ1) is 8.59. The van der Waals surface area contributed by atoms with E-state index >= 15 is 0 Å². The molecule has 0 bridgehead atoms. The highest BCUT2D eigenvalue weighted by molar-refractivity contribution is 5.73. The smallest absolute Gasteiger partial charge is 0.320 e. The molecule has 1 aromatic carbocycles. The number of carboxylic acid groups (broad SMARTS) is 1. The zero-order chi connectivity index (χ0) is 13.1. The monoisotopic (exact) mass is 248 g/mol. The normalized spacial score (nSPS) is 23.8. The van der Waals surface area contributed by atoms with Crippen LogP contribution in [0.15, 0.2) is 30.3 Å². The summed E-state index contributed by atoms with van der Waals surface area (Å²) in [7, 11) is 2.08. The molecule has 1 fully saturated rings. The lowest BCUT2D eigenvalue weighted by Crippen LogP contribution is -2.52. The van der Waals surface area contributed by atoms with Gasteiger partial charge in [0.1, 0.15) is 6.04 Å². The Hall–Kier alpha value is -1.39. The molecule has 18 heavy (non-hydrogen) atoms. The molecular formula is C14H20N2O2. The molecule has 2 rings (SSSR count). The molecular weight excluding hydrogens is 228 g/mol. The summed E-state index contributed by atoms with van der Waals surface area (Å²) in [5.74, 6) is -0.750. The molecule has 0 radical (unpaired) electrons. The standard InChI is InChI=1S/C14H20N2O2/c1-11(14(17)18)16-9-8-15(2)10-13(16)12-6-4-3-5-7-12/h3-7,11,13H,8-10H2,1-2H3,(H,17,18). The van der Waals surface area contributed by atoms with Gasteiger partial charge in [0.15, 0.2) is 0 Å². The van der Waals surface area contributed by atoms with Crippen molar-refractivity contribution in [3.8, 4) is 0 Å². The van der Waals surface area contributed by atoms with Crippen LogP contribution in [-0.4, -0.2) is 53.6 Å². The number of rotatable bonds is 3. The third kappa shape index (κ3) is 2.71. The third-order valence-electron chi connectivity index (χ3n) is 3.66. The molecule has 0 aliphatic carbocycles. The van der Waals surface area contributed by atoms with E-state index in [0.717, 1.165) is 19.6 Å². The lowest BCUT2D eigenvalue weighted by atomic mass is 10.0. The van der Waals surface area contributed by atoms with Crippen LogP contribution in [0.3, 0.4) is 0 Å². The van der Waals surface area contributed by atoms with E-state index in [1.165, 1.54) is 5.56 Å². The number of hydrogen-bond acceptors (Lipinski definition) is 3. The number of hydrogen-bond donors (Lipinski definition) is 1. The van der Waals surface area contributed by atoms with Crippen LogP contribution in [0.5, 0.6) is 0 Å². The van der Waals surface area contributed by atoms with Crippen LogP contribution >= 0.6 is 0 Å². The topological polar surface area (TPSA) is 43.8 Å². The average molecular weight is 248 g/mol. The molecule has 1 aliphatic heterocycles. The fourth-order valence-electron chi connectivity index (χ4n) is 2.51. The van der Waals surface area contributed by atoms with Crippen molar-refractivity contribution in [2.45, 2.75) is 19.0 Å². The van der Waals surface area contributed by atoms with Gasteiger partial charge >= 0.3 is 5.97 Å². The summed E-state index contributed by atoms with van der Waals surface area (Å²) in [6.07, 6.45) is 0. The average Bonchev–Trinajstić information content (AvgIpc) is 2.39. The predicted molar refractivity (Wildman–Crippen MR) is 70.5 cm³/mol. The summed E-state index contributed by atoms with van der Waals surface area (Å²) >= 11 is 0. The highest BCUT2D eigenvalue weighted by Crippen LogP contribution is 2.26. The maximum Gasteiger partial charge on any atom is 0.320 e. The Balaban J connectivity index is 2.24. The van der Waals surface area contributed by atoms with Crippen molar-refractivity contribution >= 4 is 5.97 Å². The lowest BCUT2D eigenvalue weighted by molar-refractivity contribution is -0.144. The molecule has 4 nitrogen and oxygen atoms in total. The van der Waals surface area contributed by atoms with Gasteiger partial charge in [-0.3, -0.25) is 9.69 Å². The number of aliphatic carboxylic acids is 1. The lowest BCUT2D eigenvalue weighted by Gasteiger charge is -2.42. The van der Waals surface area contributed by atoms with Crippen LogP contribution in [-0.2, 0) is 4.79 Å². The maximum absolute atomic E-state index is 11.2. The van der Waals surface area contributed by atoms with Gasteiger partial charge in [-0.15, -0.1) is 0 Å². The molecule has 1 N–H and O–H groups in total. The minimum absolute atomic E-state index is 0.163. The van der Waals surface area contributed by atoms with E-state index in [0.29, 0.717) is 0 Å². The zero-order valence-corrected chi connectivity index (χ0v) is 10.9. The molecule has 2 unspecified atom stereocenters. The first kappa shape index (κ1) is 13.1. The molecule has 2 atom stereocenters. The minimum Gasteiger partial charge on any atom is -0.480 e. The van der Waals surface area contributed by atoms with Crippen molar-refractivity contribution in [3.05, 3.63) is 35.9 Å². The molecule has 1 aromatic rings. The molecule has 1 saturated heterocycles. The number of piperazine rings is 1. The number of likely N-dealkylation sites (N-methyl/N-ethyl adjacent to an activating group) is 1. The van der Waals surface area contributed by atoms with E-state index in [2.05, 4.69) is 29.0 Å². The number of carbonyl (C=O) groups is 1. The largest absolute Gasteiger partial charge is 0.480 e. The van der Waals surface area contributed by atoms with Crippen molar-refractivity contribution in [3.63, 3.8) is 0 Å². The Labute approximate surface area is 108 Å². The van der Waals surface area contributed by atoms with Gasteiger partial charge in [0.25, 0.3) is 0 Å². The summed E-state index contributed by atoms with van der Waals surface area (Å²) in [6.45, 7) is 4.36. The summed E-state index contributed by atoms with van der Waals surface area (Å²) in [6, 6.07) is 9.87. The van der Waals surface area contributed by atoms with Gasteiger partial charge in [-0.2, -0.15) is 0 Å². The molecule has 1 aliphatic rings. The van der Waals surface area contributed by atoms with Gasteiger partial charge in [0.05, 0.1) is 0 Å². The van der Waals surface area contributed by atoms with Crippen molar-refractivity contribution in [2.75, 3.05) is 26.7 Å². The van der Waals surface area contributed by atoms with Crippen molar-refractivity contribution in [1.29, 1.82) is 0 Å². The van der Waals surface area contributed by atoms with Crippen molar-refractivity contribution < 1.29 is 9.90 Å². The zero-order valence-electron chi connectivity index (χ0n) is 10.9. The Kier molecular flexibility index (Phi) is 3.99. The van der Waals surface area contributed by atoms with Gasteiger partial charge in [-0.05, 0) is 19.5 Å². The van der Waals surface area contributed by atoms with E-state index in [1.807, 2.05) is 18.2 Å². The number of nitrogens with zero attached hydrogens (tertiary/aromatic N) is 2. The number of carboxylic acids is 1. The molecule has 0 aromatic heterocycles. The Morgan fingerprint density at radius 3 is 2.61 bits per heavy atom. The van der Waals surface area contributed by atoms with Gasteiger partial charge in [-0.1, -0.05) is 30.3 Å². The van der Waals surface area contributed by atoms with E-state index in [4.69, 9.17) is 0 Å². The SMILES string of the molecule is CC(C(=O)O)N1CCN(C)CC1c1ccccc1. The molecule has 0 amide bonds. The van der Waals surface area contributed by atoms with E-state index in [-0.39, 0.29) is 6.04 Å². The Bertz CT molecular complexity index is 408. The van der Waals surface area contributed by atoms with Gasteiger partial charge in [0.2, 0.25) is 0 Å². The summed E-state index contributed by atoms with van der Waals surface area (Å²) < 4.78 is 0. The molecule has 0 spiro atoms. The summed E-state index contributed by atoms with van der Waals surface area (Å²) in [4.78, 5) is 15.5. The molecule has 0 saturated carbocycles. The Morgan fingerprint density at radius 1 is 1.33 bits per heavy atom. The van der Waals surface area contributed by atoms with Crippen LogP contribution in [0, 0.1) is 0 Å². The summed E-state index contributed by atoms with van der Waals surface area (Å²) in [5, 5.41) is 9.21. The quantitative estimate of drug-likeness (QED) is 0.879. The fourth-order valence-corrected chi connectivity index (χ4v) is 2.51. The van der Waals surface area contributed by atoms with Gasteiger partial charge in [0, 0.05) is 25.7 Å². The second-order valence-corrected chi connectivity index (χ2v) is 4.94. The maximum atomic E-state index is 11.2. The van der Waals surface area contributed by atoms with Crippen molar-refractivity contribution in [2.24, 2.45) is 0 Å². The second kappa shape index (κ2) is 5.50. The third-order valence-corrected chi connectivity index (χ3v) is 3.66. The van der Waals surface area contributed by atoms with Crippen LogP contribution < -0.4 is 0 Å². The molecule has 1 heterocycles. The summed E-state index contributed by atoms with van der Waals surface area (Å²) in [5.41, 5.74) is 1.19. The van der Waals surface area contributed by atoms with E-state index in [9.17, 15) is 9.90 Å². The fraction of sp³-hybridized carbons (Fsp3) is 0.500. The first-order valence-electron chi connectivity index (χ1n) is 6.31. The highest BCUT2D eigenvalue weighted by Gasteiger charge is 2.32. The highest BCUT2D eigenvalue weighted by atomic mass is 16.4. The van der Waals surface area contributed by atoms with Crippen LogP contribution in [0.1, 0.15) is 18.5 Å². The number of benzene rings is 1. The minimum atomic E-state index is -0.750. The van der Waals surface area contributed by atoms with Crippen LogP contribution in [0.2, 0.25) is 0 Å². The van der Waals surface area contributed by atoms with Crippen LogP contribution in [0.25, 0.3) is 0 Å². The van der Waals surface area contributed by atoms with E-state index in [1.54, 1.807) is 6.92 Å². The van der Waals surface area contributed by atoms with Crippen molar-refractivity contribution in [1.82, 2.24) is 9.80 Å². The van der Waals surface area contributed by atoms with Gasteiger partial charge in [-0.25, -0.2) is 0 Å². The second-order valence-electron chi connectivity index (χ2n) is 4.94. The molecule has 98 valence electrons. The van der Waals surface area contributed by atoms with Crippen LogP contribution in [0.4, 0.5) is 0 Å². The van der Waals surface area contributed by atoms with E-state index < -0.39 is 12.0 Å². The molecule has 4 heteroatoms.